The van der Waals surface area contributed by atoms with Gasteiger partial charge in [-0.05, 0) is 99.4 Å². The van der Waals surface area contributed by atoms with Crippen molar-refractivity contribution in [3.8, 4) is 0 Å². The van der Waals surface area contributed by atoms with Crippen molar-refractivity contribution in [1.82, 2.24) is 0 Å². The van der Waals surface area contributed by atoms with Crippen LogP contribution in [0.2, 0.25) is 0 Å². The van der Waals surface area contributed by atoms with Gasteiger partial charge in [-0.25, -0.2) is 4.79 Å². The van der Waals surface area contributed by atoms with Gasteiger partial charge in [0.05, 0.1) is 17.8 Å². The minimum atomic E-state index is -1.04. The summed E-state index contributed by atoms with van der Waals surface area (Å²) in [7, 11) is 1.49. The number of hydrogen-bond donors (Lipinski definition) is 3. The monoisotopic (exact) mass is 534 g/mol. The first-order valence-electron chi connectivity index (χ1n) is 14.8. The lowest BCUT2D eigenvalue weighted by molar-refractivity contribution is -0.313. The normalized spacial score (nSPS) is 54.5. The molecule has 38 heavy (non-hydrogen) atoms. The number of aliphatic hydroxyl groups excluding tert-OH is 2. The average molecular weight is 535 g/mol. The smallest absolute Gasteiger partial charge is 0.331 e. The van der Waals surface area contributed by atoms with Gasteiger partial charge in [0.15, 0.2) is 6.29 Å². The molecule has 6 rings (SSSR count). The first-order chi connectivity index (χ1) is 18.0. The van der Waals surface area contributed by atoms with Crippen LogP contribution >= 0.6 is 0 Å². The Bertz CT molecular complexity index is 968. The van der Waals surface area contributed by atoms with E-state index in [-0.39, 0.29) is 34.7 Å². The van der Waals surface area contributed by atoms with E-state index in [1.165, 1.54) is 7.11 Å². The van der Waals surface area contributed by atoms with Crippen LogP contribution in [0.15, 0.2) is 11.6 Å². The highest BCUT2D eigenvalue weighted by molar-refractivity contribution is 5.85. The molecule has 5 fully saturated rings. The predicted octanol–water partition coefficient (Wildman–Crippen LogP) is 3.11. The molecule has 0 bridgehead atoms. The van der Waals surface area contributed by atoms with E-state index in [0.717, 1.165) is 63.4 Å². The highest BCUT2D eigenvalue weighted by atomic mass is 16.7. The number of carbonyl (C=O) groups excluding carboxylic acids is 1. The second-order valence-corrected chi connectivity index (χ2v) is 13.7. The van der Waals surface area contributed by atoms with Gasteiger partial charge < -0.3 is 34.3 Å². The van der Waals surface area contributed by atoms with Crippen molar-refractivity contribution in [2.24, 2.45) is 34.5 Å². The lowest BCUT2D eigenvalue weighted by atomic mass is 9.43. The first-order valence-corrected chi connectivity index (χ1v) is 14.8. The SMILES string of the molecule is CO[C@H]1[C@@H](O)[C@H](C)O[C@@H](OC2CC[C@@]3(C)C(CC[C@@H]4[C@@H]3CC[C@]3(C)[C@@H](C5=CC(=O)OC5)CC[C@]43O)C2)[C@@H]1O. The van der Waals surface area contributed by atoms with Crippen molar-refractivity contribution in [3.05, 3.63) is 11.6 Å². The third kappa shape index (κ3) is 3.88. The highest BCUT2D eigenvalue weighted by Gasteiger charge is 2.67. The molecular weight excluding hydrogens is 488 g/mol. The van der Waals surface area contributed by atoms with Crippen molar-refractivity contribution >= 4 is 5.97 Å². The van der Waals surface area contributed by atoms with Gasteiger partial charge in [0.2, 0.25) is 0 Å². The van der Waals surface area contributed by atoms with Crippen molar-refractivity contribution < 1.29 is 39.1 Å². The van der Waals surface area contributed by atoms with Crippen LogP contribution in [-0.4, -0.2) is 77.4 Å². The van der Waals surface area contributed by atoms with Crippen LogP contribution in [0, 0.1) is 34.5 Å². The number of fused-ring (bicyclic) bond motifs is 5. The molecule has 0 spiro atoms. The van der Waals surface area contributed by atoms with Crippen LogP contribution in [-0.2, 0) is 23.7 Å². The Morgan fingerprint density at radius 1 is 1.00 bits per heavy atom. The summed E-state index contributed by atoms with van der Waals surface area (Å²) in [6.45, 7) is 6.87. The number of esters is 1. The Morgan fingerprint density at radius 3 is 2.50 bits per heavy atom. The Morgan fingerprint density at radius 2 is 1.79 bits per heavy atom. The maximum absolute atomic E-state index is 12.4. The van der Waals surface area contributed by atoms with E-state index in [1.54, 1.807) is 13.0 Å². The minimum absolute atomic E-state index is 0.0103. The summed E-state index contributed by atoms with van der Waals surface area (Å²) >= 11 is 0. The maximum Gasteiger partial charge on any atom is 0.331 e. The van der Waals surface area contributed by atoms with E-state index in [9.17, 15) is 20.1 Å². The zero-order valence-electron chi connectivity index (χ0n) is 23.3. The molecule has 4 saturated carbocycles. The lowest BCUT2D eigenvalue weighted by Crippen LogP contribution is -2.62. The number of hydrogen-bond acceptors (Lipinski definition) is 8. The van der Waals surface area contributed by atoms with Gasteiger partial charge in [0.25, 0.3) is 0 Å². The van der Waals surface area contributed by atoms with Crippen LogP contribution < -0.4 is 0 Å². The predicted molar refractivity (Wildman–Crippen MR) is 138 cm³/mol. The summed E-state index contributed by atoms with van der Waals surface area (Å²) in [6, 6.07) is 0. The van der Waals surface area contributed by atoms with Gasteiger partial charge in [-0.3, -0.25) is 0 Å². The third-order valence-electron chi connectivity index (χ3n) is 12.3. The molecule has 8 heteroatoms. The molecule has 214 valence electrons. The topological polar surface area (TPSA) is 115 Å². The zero-order valence-corrected chi connectivity index (χ0v) is 23.3. The molecule has 2 unspecified atom stereocenters. The Hall–Kier alpha value is -1.03. The maximum atomic E-state index is 12.4. The summed E-state index contributed by atoms with van der Waals surface area (Å²) < 4.78 is 22.8. The quantitative estimate of drug-likeness (QED) is 0.372. The number of aliphatic hydroxyl groups is 3. The number of cyclic esters (lactones) is 1. The van der Waals surface area contributed by atoms with E-state index in [0.29, 0.717) is 18.4 Å². The van der Waals surface area contributed by atoms with Crippen molar-refractivity contribution in [3.63, 3.8) is 0 Å². The highest BCUT2D eigenvalue weighted by Crippen LogP contribution is 2.70. The molecular formula is C30H46O8. The van der Waals surface area contributed by atoms with Gasteiger partial charge in [-0.15, -0.1) is 0 Å². The van der Waals surface area contributed by atoms with Crippen molar-refractivity contribution in [2.75, 3.05) is 13.7 Å². The Kier molecular flexibility index (Phi) is 6.80. The summed E-state index contributed by atoms with van der Waals surface area (Å²) in [5, 5.41) is 33.5. The molecule has 0 aromatic heterocycles. The Balaban J connectivity index is 1.16. The van der Waals surface area contributed by atoms with Crippen LogP contribution in [0.25, 0.3) is 0 Å². The third-order valence-corrected chi connectivity index (χ3v) is 12.3. The summed E-state index contributed by atoms with van der Waals surface area (Å²) in [6.07, 6.45) is 6.45. The molecule has 0 radical (unpaired) electrons. The minimum Gasteiger partial charge on any atom is -0.458 e. The van der Waals surface area contributed by atoms with Crippen LogP contribution in [0.3, 0.4) is 0 Å². The average Bonchev–Trinajstić information content (AvgIpc) is 3.43. The van der Waals surface area contributed by atoms with Crippen LogP contribution in [0.1, 0.15) is 78.6 Å². The molecule has 6 aliphatic rings. The molecule has 1 saturated heterocycles. The molecule has 2 heterocycles. The number of methoxy groups -OCH3 is 1. The molecule has 0 aromatic rings. The van der Waals surface area contributed by atoms with Crippen molar-refractivity contribution in [1.29, 1.82) is 0 Å². The summed E-state index contributed by atoms with van der Waals surface area (Å²) in [4.78, 5) is 11.8. The largest absolute Gasteiger partial charge is 0.458 e. The molecule has 4 aliphatic carbocycles. The van der Waals surface area contributed by atoms with Gasteiger partial charge >= 0.3 is 5.97 Å². The molecule has 0 aromatic carbocycles. The van der Waals surface area contributed by atoms with E-state index in [4.69, 9.17) is 18.9 Å². The molecule has 8 nitrogen and oxygen atoms in total. The van der Waals surface area contributed by atoms with Gasteiger partial charge in [0, 0.05) is 18.6 Å². The van der Waals surface area contributed by atoms with E-state index >= 15 is 0 Å². The zero-order chi connectivity index (χ0) is 27.0. The first kappa shape index (κ1) is 27.2. The van der Waals surface area contributed by atoms with Gasteiger partial charge in [-0.1, -0.05) is 13.8 Å². The van der Waals surface area contributed by atoms with E-state index in [2.05, 4.69) is 13.8 Å². The molecule has 13 atom stereocenters. The summed E-state index contributed by atoms with van der Waals surface area (Å²) in [5.41, 5.74) is 0.300. The van der Waals surface area contributed by atoms with Crippen LogP contribution in [0.4, 0.5) is 0 Å². The molecule has 0 amide bonds. The van der Waals surface area contributed by atoms with E-state index < -0.39 is 36.3 Å². The van der Waals surface area contributed by atoms with Crippen LogP contribution in [0.5, 0.6) is 0 Å². The second-order valence-electron chi connectivity index (χ2n) is 13.7. The number of carbonyl (C=O) groups is 1. The molecule has 3 N–H and O–H groups in total. The van der Waals surface area contributed by atoms with Gasteiger partial charge in [-0.2, -0.15) is 0 Å². The van der Waals surface area contributed by atoms with Crippen molar-refractivity contribution in [2.45, 2.75) is 121 Å². The number of rotatable bonds is 4. The fourth-order valence-corrected chi connectivity index (χ4v) is 10.1. The fourth-order valence-electron chi connectivity index (χ4n) is 10.1. The fraction of sp³-hybridized carbons (Fsp3) is 0.900. The standard InChI is InChI=1S/C30H46O8/c1-16-24(32)26(35-4)25(33)27(37-16)38-19-7-10-28(2)18(14-19)5-6-22-21(28)8-11-29(3)20(9-12-30(22,29)34)17-13-23(31)36-15-17/h13,16,18-22,24-27,32-34H,5-12,14-15H2,1-4H3/t16-,18?,19?,20+,21-,22+,24-,25+,26-,27-,28-,29+,30-/m0/s1. The second kappa shape index (κ2) is 9.52. The summed E-state index contributed by atoms with van der Waals surface area (Å²) in [5.74, 6) is 1.22. The number of ether oxygens (including phenoxy) is 4. The Labute approximate surface area is 226 Å². The van der Waals surface area contributed by atoms with Gasteiger partial charge in [0.1, 0.15) is 24.9 Å². The van der Waals surface area contributed by atoms with E-state index in [1.807, 2.05) is 0 Å². The molecule has 2 aliphatic heterocycles. The lowest BCUT2D eigenvalue weighted by Gasteiger charge is -2.64.